The van der Waals surface area contributed by atoms with Gasteiger partial charge in [0.05, 0.1) is 19.9 Å². The van der Waals surface area contributed by atoms with Gasteiger partial charge in [-0.05, 0) is 31.2 Å². The number of ether oxygens (including phenoxy) is 2. The highest BCUT2D eigenvalue weighted by Gasteiger charge is 2.13. The van der Waals surface area contributed by atoms with Crippen LogP contribution in [0.25, 0.3) is 11.3 Å². The molecule has 0 aliphatic carbocycles. The summed E-state index contributed by atoms with van der Waals surface area (Å²) in [5.41, 5.74) is 7.40. The zero-order chi connectivity index (χ0) is 15.4. The molecule has 6 nitrogen and oxygen atoms in total. The van der Waals surface area contributed by atoms with E-state index in [1.54, 1.807) is 26.4 Å². The Morgan fingerprint density at radius 2 is 2.00 bits per heavy atom. The van der Waals surface area contributed by atoms with E-state index in [1.807, 2.05) is 19.1 Å². The fourth-order valence-corrected chi connectivity index (χ4v) is 2.10. The molecule has 0 unspecified atom stereocenters. The average Bonchev–Trinajstić information content (AvgIpc) is 2.54. The van der Waals surface area contributed by atoms with Gasteiger partial charge in [0.1, 0.15) is 11.5 Å². The molecule has 112 valence electrons. The molecule has 0 atom stereocenters. The Morgan fingerprint density at radius 1 is 1.24 bits per heavy atom. The number of benzene rings is 1. The highest BCUT2D eigenvalue weighted by molar-refractivity contribution is 5.69. The second kappa shape index (κ2) is 6.41. The number of aryl methyl sites for hydroxylation is 1. The average molecular weight is 289 g/mol. The van der Waals surface area contributed by atoms with Gasteiger partial charge in [-0.1, -0.05) is 0 Å². The highest BCUT2D eigenvalue weighted by atomic mass is 16.5. The third kappa shape index (κ3) is 2.90. The van der Waals surface area contributed by atoms with Crippen LogP contribution in [0, 0.1) is 0 Å². The van der Waals surface area contributed by atoms with Crippen molar-refractivity contribution in [3.63, 3.8) is 0 Å². The maximum absolute atomic E-state index is 12.1. The summed E-state index contributed by atoms with van der Waals surface area (Å²) in [4.78, 5) is 12.1. The van der Waals surface area contributed by atoms with Crippen molar-refractivity contribution in [2.75, 3.05) is 14.2 Å². The predicted molar refractivity (Wildman–Crippen MR) is 80.6 cm³/mol. The Kier molecular flexibility index (Phi) is 4.59. The third-order valence-electron chi connectivity index (χ3n) is 3.25. The Hall–Kier alpha value is -2.34. The van der Waals surface area contributed by atoms with E-state index < -0.39 is 0 Å². The Balaban J connectivity index is 2.68. The maximum Gasteiger partial charge on any atom is 0.271 e. The fraction of sp³-hybridized carbons (Fsp3) is 0.333. The Bertz CT molecular complexity index is 667. The lowest BCUT2D eigenvalue weighted by Gasteiger charge is -2.12. The summed E-state index contributed by atoms with van der Waals surface area (Å²) < 4.78 is 12.0. The molecule has 2 rings (SSSR count). The molecular weight excluding hydrogens is 270 g/mol. The summed E-state index contributed by atoms with van der Waals surface area (Å²) in [7, 11) is 3.18. The van der Waals surface area contributed by atoms with Crippen LogP contribution in [0.5, 0.6) is 11.5 Å². The van der Waals surface area contributed by atoms with Crippen LogP contribution in [-0.4, -0.2) is 24.0 Å². The second-order valence-corrected chi connectivity index (χ2v) is 4.45. The summed E-state index contributed by atoms with van der Waals surface area (Å²) in [5.74, 6) is 1.35. The number of hydrogen-bond donors (Lipinski definition) is 1. The topological polar surface area (TPSA) is 79.4 Å². The first-order valence-electron chi connectivity index (χ1n) is 6.68. The molecule has 2 N–H and O–H groups in total. The van der Waals surface area contributed by atoms with E-state index in [2.05, 4.69) is 5.10 Å². The van der Waals surface area contributed by atoms with Crippen molar-refractivity contribution in [3.05, 3.63) is 40.2 Å². The minimum atomic E-state index is -0.161. The predicted octanol–water partition coefficient (Wildman–Crippen LogP) is 1.41. The first-order chi connectivity index (χ1) is 10.1. The van der Waals surface area contributed by atoms with Crippen LogP contribution in [0.4, 0.5) is 0 Å². The molecule has 2 aromatic rings. The molecule has 1 aromatic carbocycles. The summed E-state index contributed by atoms with van der Waals surface area (Å²) in [6.45, 7) is 2.51. The van der Waals surface area contributed by atoms with Crippen LogP contribution >= 0.6 is 0 Å². The van der Waals surface area contributed by atoms with Crippen molar-refractivity contribution in [2.24, 2.45) is 5.73 Å². The highest BCUT2D eigenvalue weighted by Crippen LogP contribution is 2.32. The summed E-state index contributed by atoms with van der Waals surface area (Å²) in [6.07, 6.45) is 0. The van der Waals surface area contributed by atoms with Crippen molar-refractivity contribution in [1.82, 2.24) is 9.78 Å². The molecule has 0 aliphatic rings. The van der Waals surface area contributed by atoms with E-state index in [1.165, 1.54) is 4.68 Å². The number of rotatable bonds is 5. The maximum atomic E-state index is 12.1. The zero-order valence-electron chi connectivity index (χ0n) is 12.4. The van der Waals surface area contributed by atoms with Crippen molar-refractivity contribution in [2.45, 2.75) is 20.0 Å². The molecular formula is C15H19N3O3. The molecule has 0 amide bonds. The van der Waals surface area contributed by atoms with E-state index in [4.69, 9.17) is 15.2 Å². The van der Waals surface area contributed by atoms with Crippen LogP contribution in [-0.2, 0) is 13.1 Å². The van der Waals surface area contributed by atoms with Crippen molar-refractivity contribution < 1.29 is 9.47 Å². The largest absolute Gasteiger partial charge is 0.497 e. The second-order valence-electron chi connectivity index (χ2n) is 4.45. The van der Waals surface area contributed by atoms with Crippen molar-refractivity contribution in [1.29, 1.82) is 0 Å². The molecule has 0 saturated heterocycles. The molecule has 0 radical (unpaired) electrons. The van der Waals surface area contributed by atoms with Gasteiger partial charge in [0.25, 0.3) is 5.56 Å². The lowest BCUT2D eigenvalue weighted by molar-refractivity contribution is 0.404. The number of aromatic nitrogens is 2. The third-order valence-corrected chi connectivity index (χ3v) is 3.25. The van der Waals surface area contributed by atoms with E-state index in [0.29, 0.717) is 29.3 Å². The summed E-state index contributed by atoms with van der Waals surface area (Å²) >= 11 is 0. The van der Waals surface area contributed by atoms with Gasteiger partial charge in [0.2, 0.25) is 0 Å². The van der Waals surface area contributed by atoms with Crippen LogP contribution < -0.4 is 20.8 Å². The molecule has 1 aromatic heterocycles. The molecule has 6 heteroatoms. The number of hydrogen-bond acceptors (Lipinski definition) is 5. The van der Waals surface area contributed by atoms with Gasteiger partial charge in [-0.2, -0.15) is 5.10 Å². The van der Waals surface area contributed by atoms with Crippen molar-refractivity contribution >= 4 is 0 Å². The minimum Gasteiger partial charge on any atom is -0.497 e. The SMILES string of the molecule is CCn1nc(-c2cc(OC)ccc2OC)cc(CN)c1=O. The number of nitrogens with two attached hydrogens (primary N) is 1. The molecule has 0 bridgehead atoms. The van der Waals surface area contributed by atoms with E-state index in [-0.39, 0.29) is 12.1 Å². The Labute approximate surface area is 123 Å². The van der Waals surface area contributed by atoms with Crippen LogP contribution in [0.1, 0.15) is 12.5 Å². The van der Waals surface area contributed by atoms with E-state index >= 15 is 0 Å². The monoisotopic (exact) mass is 289 g/mol. The molecule has 0 aliphatic heterocycles. The van der Waals surface area contributed by atoms with Crippen LogP contribution in [0.2, 0.25) is 0 Å². The zero-order valence-corrected chi connectivity index (χ0v) is 12.4. The quantitative estimate of drug-likeness (QED) is 0.900. The Morgan fingerprint density at radius 3 is 2.57 bits per heavy atom. The van der Waals surface area contributed by atoms with Gasteiger partial charge in [-0.25, -0.2) is 4.68 Å². The number of nitrogens with zero attached hydrogens (tertiary/aromatic N) is 2. The van der Waals surface area contributed by atoms with Gasteiger partial charge in [0.15, 0.2) is 0 Å². The molecule has 0 spiro atoms. The van der Waals surface area contributed by atoms with Gasteiger partial charge < -0.3 is 15.2 Å². The minimum absolute atomic E-state index is 0.161. The summed E-state index contributed by atoms with van der Waals surface area (Å²) in [6, 6.07) is 7.14. The van der Waals surface area contributed by atoms with Gasteiger partial charge in [0, 0.05) is 24.2 Å². The lowest BCUT2D eigenvalue weighted by Crippen LogP contribution is -2.27. The number of methoxy groups -OCH3 is 2. The molecule has 0 saturated carbocycles. The summed E-state index contributed by atoms with van der Waals surface area (Å²) in [5, 5.41) is 4.37. The van der Waals surface area contributed by atoms with Crippen LogP contribution in [0.15, 0.2) is 29.1 Å². The molecule has 1 heterocycles. The lowest BCUT2D eigenvalue weighted by atomic mass is 10.1. The molecule has 0 fully saturated rings. The van der Waals surface area contributed by atoms with Gasteiger partial charge in [-0.3, -0.25) is 4.79 Å². The normalized spacial score (nSPS) is 10.5. The van der Waals surface area contributed by atoms with Gasteiger partial charge >= 0.3 is 0 Å². The van der Waals surface area contributed by atoms with E-state index in [9.17, 15) is 4.79 Å². The van der Waals surface area contributed by atoms with Crippen LogP contribution in [0.3, 0.4) is 0 Å². The standard InChI is InChI=1S/C15H19N3O3/c1-4-18-15(19)10(9-16)7-13(17-18)12-8-11(20-2)5-6-14(12)21-3/h5-8H,4,9,16H2,1-3H3. The molecule has 21 heavy (non-hydrogen) atoms. The van der Waals surface area contributed by atoms with E-state index in [0.717, 1.165) is 5.56 Å². The van der Waals surface area contributed by atoms with Crippen molar-refractivity contribution in [3.8, 4) is 22.8 Å². The fourth-order valence-electron chi connectivity index (χ4n) is 2.10. The smallest absolute Gasteiger partial charge is 0.271 e. The first-order valence-corrected chi connectivity index (χ1v) is 6.68. The van der Waals surface area contributed by atoms with Gasteiger partial charge in [-0.15, -0.1) is 0 Å². The first kappa shape index (κ1) is 15.1.